The topological polar surface area (TPSA) is 104 Å². The molecule has 0 saturated heterocycles. The smallest absolute Gasteiger partial charge is 0.267 e. The van der Waals surface area contributed by atoms with Crippen molar-refractivity contribution in [2.75, 3.05) is 5.75 Å². The predicted octanol–water partition coefficient (Wildman–Crippen LogP) is 13.5. The highest BCUT2D eigenvalue weighted by molar-refractivity contribution is 7.85. The fraction of sp³-hybridized carbons (Fsp3) is 0.804. The summed E-state index contributed by atoms with van der Waals surface area (Å²) < 4.78 is 32.6. The number of allylic oxidation sites excluding steroid dienone is 7. The van der Waals surface area contributed by atoms with Crippen LogP contribution in [0.2, 0.25) is 0 Å². The van der Waals surface area contributed by atoms with Gasteiger partial charge in [0.15, 0.2) is 0 Å². The molecule has 0 aromatic carbocycles. The third kappa shape index (κ3) is 41.3. The molecule has 0 aliphatic carbocycles. The molecular formula is C46H85NO5S. The molecule has 310 valence electrons. The number of hydrogen-bond donors (Lipinski definition) is 3. The van der Waals surface area contributed by atoms with E-state index in [0.29, 0.717) is 0 Å². The number of unbranched alkanes of at least 4 members (excludes halogenated alkanes) is 26. The second-order valence-electron chi connectivity index (χ2n) is 15.3. The van der Waals surface area contributed by atoms with E-state index in [1.807, 2.05) is 6.08 Å². The summed E-state index contributed by atoms with van der Waals surface area (Å²) in [6.07, 6.45) is 53.8. The van der Waals surface area contributed by atoms with Crippen LogP contribution in [-0.2, 0) is 14.9 Å². The first-order valence-electron chi connectivity index (χ1n) is 22.3. The Hall–Kier alpha value is -1.70. The van der Waals surface area contributed by atoms with Crippen molar-refractivity contribution in [3.05, 3.63) is 48.6 Å². The van der Waals surface area contributed by atoms with Gasteiger partial charge in [-0.1, -0.05) is 204 Å². The molecule has 0 aliphatic heterocycles. The maximum absolute atomic E-state index is 12.5. The molecule has 1 amide bonds. The van der Waals surface area contributed by atoms with Crippen molar-refractivity contribution in [1.82, 2.24) is 5.32 Å². The van der Waals surface area contributed by atoms with E-state index in [0.717, 1.165) is 64.2 Å². The molecule has 2 unspecified atom stereocenters. The monoisotopic (exact) mass is 764 g/mol. The van der Waals surface area contributed by atoms with Gasteiger partial charge in [-0.05, 0) is 57.8 Å². The van der Waals surface area contributed by atoms with E-state index >= 15 is 0 Å². The van der Waals surface area contributed by atoms with Crippen LogP contribution in [0.15, 0.2) is 48.6 Å². The zero-order valence-electron chi connectivity index (χ0n) is 34.6. The maximum atomic E-state index is 12.5. The number of nitrogens with one attached hydrogen (secondary N) is 1. The third-order valence-corrected chi connectivity index (χ3v) is 10.8. The molecular weight excluding hydrogens is 679 g/mol. The average molecular weight is 764 g/mol. The Bertz CT molecular complexity index is 1020. The summed E-state index contributed by atoms with van der Waals surface area (Å²) >= 11 is 0. The summed E-state index contributed by atoms with van der Waals surface area (Å²) in [5, 5.41) is 13.3. The van der Waals surface area contributed by atoms with E-state index in [9.17, 15) is 22.9 Å². The Kier molecular flexibility index (Phi) is 38.7. The molecule has 0 aliphatic rings. The summed E-state index contributed by atoms with van der Waals surface area (Å²) in [6.45, 7) is 4.52. The third-order valence-electron chi connectivity index (χ3n) is 10.00. The first-order valence-corrected chi connectivity index (χ1v) is 23.9. The van der Waals surface area contributed by atoms with Crippen LogP contribution in [0.1, 0.15) is 219 Å². The van der Waals surface area contributed by atoms with E-state index < -0.39 is 28.0 Å². The van der Waals surface area contributed by atoms with Gasteiger partial charge in [0.05, 0.1) is 17.9 Å². The van der Waals surface area contributed by atoms with Crippen LogP contribution in [0.25, 0.3) is 0 Å². The van der Waals surface area contributed by atoms with Crippen molar-refractivity contribution in [2.24, 2.45) is 0 Å². The van der Waals surface area contributed by atoms with Gasteiger partial charge in [0.2, 0.25) is 5.91 Å². The molecule has 6 nitrogen and oxygen atoms in total. The normalized spacial score (nSPS) is 13.7. The van der Waals surface area contributed by atoms with E-state index in [-0.39, 0.29) is 12.3 Å². The largest absolute Gasteiger partial charge is 0.387 e. The summed E-state index contributed by atoms with van der Waals surface area (Å²) in [5.41, 5.74) is 0. The summed E-state index contributed by atoms with van der Waals surface area (Å²) in [4.78, 5) is 12.5. The van der Waals surface area contributed by atoms with Crippen LogP contribution in [-0.4, -0.2) is 41.9 Å². The summed E-state index contributed by atoms with van der Waals surface area (Å²) in [5.74, 6) is -0.994. The van der Waals surface area contributed by atoms with Crippen molar-refractivity contribution in [3.8, 4) is 0 Å². The first kappa shape index (κ1) is 51.3. The van der Waals surface area contributed by atoms with Gasteiger partial charge in [-0.15, -0.1) is 0 Å². The fourth-order valence-corrected chi connectivity index (χ4v) is 7.37. The number of rotatable bonds is 40. The highest BCUT2D eigenvalue weighted by Crippen LogP contribution is 2.15. The van der Waals surface area contributed by atoms with E-state index in [4.69, 9.17) is 0 Å². The van der Waals surface area contributed by atoms with E-state index in [1.54, 1.807) is 6.08 Å². The van der Waals surface area contributed by atoms with Crippen LogP contribution in [0.3, 0.4) is 0 Å². The molecule has 0 rings (SSSR count). The minimum absolute atomic E-state index is 0.280. The first-order chi connectivity index (χ1) is 25.8. The van der Waals surface area contributed by atoms with Crippen molar-refractivity contribution < 1.29 is 22.9 Å². The Morgan fingerprint density at radius 2 is 0.849 bits per heavy atom. The Morgan fingerprint density at radius 3 is 1.25 bits per heavy atom. The molecule has 0 aromatic heterocycles. The van der Waals surface area contributed by atoms with Crippen LogP contribution in [0, 0.1) is 0 Å². The average Bonchev–Trinajstić information content (AvgIpc) is 3.12. The van der Waals surface area contributed by atoms with Crippen molar-refractivity contribution >= 4 is 16.0 Å². The zero-order valence-corrected chi connectivity index (χ0v) is 35.5. The van der Waals surface area contributed by atoms with Gasteiger partial charge in [-0.25, -0.2) is 0 Å². The highest BCUT2D eigenvalue weighted by atomic mass is 32.2. The molecule has 0 saturated carbocycles. The molecule has 0 spiro atoms. The molecule has 0 fully saturated rings. The maximum Gasteiger partial charge on any atom is 0.267 e. The minimum Gasteiger partial charge on any atom is -0.387 e. The number of carbonyl (C=O) groups excluding carboxylic acids is 1. The lowest BCUT2D eigenvalue weighted by atomic mass is 10.0. The molecule has 0 heterocycles. The molecule has 0 radical (unpaired) electrons. The van der Waals surface area contributed by atoms with Crippen LogP contribution < -0.4 is 5.32 Å². The standard InChI is InChI=1S/C46H85NO5S/c1-3-5-7-9-11-13-15-17-19-21-22-23-24-26-28-30-32-34-36-38-40-42-46(49)47-44(43-53(50,51)52)45(48)41-39-37-35-33-31-29-27-25-20-18-16-14-12-10-8-6-4-2/h15,17,21-22,24,26,39,41,44-45,48H,3-14,16,18-20,23,25,27-38,40,42-43H2,1-2H3,(H,47,49)(H,50,51,52)/b17-15-,22-21-,26-24-,41-39+. The molecule has 2 atom stereocenters. The second-order valence-corrected chi connectivity index (χ2v) is 16.8. The Labute approximate surface area is 329 Å². The SMILES string of the molecule is CCCCCCC/C=C\C/C=C\C/C=C\CCCCCCCCC(=O)NC(CS(=O)(=O)O)C(O)/C=C/CCCCCCCCCCCCCCCCC. The van der Waals surface area contributed by atoms with Gasteiger partial charge in [0, 0.05) is 6.42 Å². The van der Waals surface area contributed by atoms with E-state index in [2.05, 4.69) is 55.6 Å². The molecule has 7 heteroatoms. The lowest BCUT2D eigenvalue weighted by Crippen LogP contribution is -2.46. The van der Waals surface area contributed by atoms with Crippen LogP contribution in [0.4, 0.5) is 0 Å². The lowest BCUT2D eigenvalue weighted by molar-refractivity contribution is -0.122. The quantitative estimate of drug-likeness (QED) is 0.0327. The molecule has 3 N–H and O–H groups in total. The van der Waals surface area contributed by atoms with Gasteiger partial charge in [-0.3, -0.25) is 9.35 Å². The number of aliphatic hydroxyl groups excluding tert-OH is 1. The number of hydrogen-bond acceptors (Lipinski definition) is 4. The fourth-order valence-electron chi connectivity index (χ4n) is 6.63. The van der Waals surface area contributed by atoms with Gasteiger partial charge in [0.1, 0.15) is 0 Å². The van der Waals surface area contributed by atoms with Crippen molar-refractivity contribution in [1.29, 1.82) is 0 Å². The van der Waals surface area contributed by atoms with Crippen molar-refractivity contribution in [2.45, 2.75) is 231 Å². The van der Waals surface area contributed by atoms with Gasteiger partial charge in [0.25, 0.3) is 10.1 Å². The number of amides is 1. The van der Waals surface area contributed by atoms with Crippen LogP contribution >= 0.6 is 0 Å². The van der Waals surface area contributed by atoms with Gasteiger partial charge in [-0.2, -0.15) is 8.42 Å². The number of aliphatic hydroxyl groups is 1. The molecule has 0 aromatic rings. The van der Waals surface area contributed by atoms with Crippen molar-refractivity contribution in [3.63, 3.8) is 0 Å². The Morgan fingerprint density at radius 1 is 0.509 bits per heavy atom. The van der Waals surface area contributed by atoms with Gasteiger partial charge < -0.3 is 10.4 Å². The highest BCUT2D eigenvalue weighted by Gasteiger charge is 2.24. The molecule has 53 heavy (non-hydrogen) atoms. The summed E-state index contributed by atoms with van der Waals surface area (Å²) in [6, 6.07) is -1.06. The number of carbonyl (C=O) groups is 1. The van der Waals surface area contributed by atoms with Crippen LogP contribution in [0.5, 0.6) is 0 Å². The minimum atomic E-state index is -4.35. The summed E-state index contributed by atoms with van der Waals surface area (Å²) in [7, 11) is -4.35. The van der Waals surface area contributed by atoms with Gasteiger partial charge >= 0.3 is 0 Å². The lowest BCUT2D eigenvalue weighted by Gasteiger charge is -2.21. The zero-order chi connectivity index (χ0) is 38.9. The van der Waals surface area contributed by atoms with E-state index in [1.165, 1.54) is 135 Å². The Balaban J connectivity index is 3.92. The molecule has 0 bridgehead atoms. The predicted molar refractivity (Wildman–Crippen MR) is 230 cm³/mol. The second kappa shape index (κ2) is 40.0.